The van der Waals surface area contributed by atoms with Gasteiger partial charge in [-0.05, 0) is 42.7 Å². The van der Waals surface area contributed by atoms with Crippen molar-refractivity contribution >= 4 is 23.8 Å². The zero-order valence-corrected chi connectivity index (χ0v) is 15.6. The van der Waals surface area contributed by atoms with Gasteiger partial charge >= 0.3 is 6.18 Å². The van der Waals surface area contributed by atoms with Crippen LogP contribution in [0, 0.1) is 0 Å². The molecule has 2 heterocycles. The van der Waals surface area contributed by atoms with Gasteiger partial charge in [0.2, 0.25) is 11.7 Å². The summed E-state index contributed by atoms with van der Waals surface area (Å²) in [5, 5.41) is 3.90. The lowest BCUT2D eigenvalue weighted by atomic mass is 10.00. The first kappa shape index (κ1) is 20.0. The number of benzene rings is 2. The molecule has 0 atom stereocenters. The number of anilines is 2. The van der Waals surface area contributed by atoms with Crippen LogP contribution in [0.2, 0.25) is 0 Å². The van der Waals surface area contributed by atoms with Crippen LogP contribution in [0.4, 0.5) is 24.5 Å². The second kappa shape index (κ2) is 7.71. The summed E-state index contributed by atoms with van der Waals surface area (Å²) in [7, 11) is 0. The Morgan fingerprint density at radius 2 is 1.86 bits per heavy atom. The van der Waals surface area contributed by atoms with Crippen molar-refractivity contribution in [2.24, 2.45) is 0 Å². The molecule has 2 N–H and O–H groups in total. The van der Waals surface area contributed by atoms with Gasteiger partial charge in [-0.1, -0.05) is 23.4 Å². The summed E-state index contributed by atoms with van der Waals surface area (Å²) in [4.78, 5) is 6.45. The SMILES string of the molecule is Cl.Nc1cccc2c1CCCN2Cc1nc(-c2ccc(C(F)(F)F)cc2)no1. The van der Waals surface area contributed by atoms with E-state index in [4.69, 9.17) is 10.3 Å². The molecule has 0 aliphatic carbocycles. The van der Waals surface area contributed by atoms with Gasteiger partial charge in [-0.3, -0.25) is 0 Å². The van der Waals surface area contributed by atoms with E-state index in [2.05, 4.69) is 15.0 Å². The molecule has 0 unspecified atom stereocenters. The van der Waals surface area contributed by atoms with Crippen molar-refractivity contribution in [2.75, 3.05) is 17.2 Å². The van der Waals surface area contributed by atoms with Crippen LogP contribution in [-0.4, -0.2) is 16.7 Å². The summed E-state index contributed by atoms with van der Waals surface area (Å²) in [5.41, 5.74) is 8.76. The molecule has 0 saturated heterocycles. The quantitative estimate of drug-likeness (QED) is 0.633. The molecular formula is C19H18ClF3N4O. The highest BCUT2D eigenvalue weighted by Gasteiger charge is 2.30. The van der Waals surface area contributed by atoms with Gasteiger partial charge < -0.3 is 15.2 Å². The van der Waals surface area contributed by atoms with E-state index in [0.29, 0.717) is 18.0 Å². The molecule has 0 spiro atoms. The Balaban J connectivity index is 0.00000225. The fourth-order valence-electron chi connectivity index (χ4n) is 3.30. The van der Waals surface area contributed by atoms with Gasteiger partial charge in [0.25, 0.3) is 0 Å². The molecule has 2 aromatic carbocycles. The fourth-order valence-corrected chi connectivity index (χ4v) is 3.30. The zero-order chi connectivity index (χ0) is 19.0. The van der Waals surface area contributed by atoms with Crippen LogP contribution in [0.1, 0.15) is 23.4 Å². The van der Waals surface area contributed by atoms with Crippen LogP contribution in [0.15, 0.2) is 47.0 Å². The third-order valence-corrected chi connectivity index (χ3v) is 4.65. The Morgan fingerprint density at radius 1 is 1.11 bits per heavy atom. The molecular weight excluding hydrogens is 393 g/mol. The van der Waals surface area contributed by atoms with Crippen molar-refractivity contribution in [2.45, 2.75) is 25.6 Å². The van der Waals surface area contributed by atoms with E-state index in [1.165, 1.54) is 12.1 Å². The van der Waals surface area contributed by atoms with Gasteiger partial charge in [-0.15, -0.1) is 12.4 Å². The first-order chi connectivity index (χ1) is 12.9. The first-order valence-corrected chi connectivity index (χ1v) is 8.54. The number of hydrogen-bond donors (Lipinski definition) is 1. The number of halogens is 4. The third-order valence-electron chi connectivity index (χ3n) is 4.65. The number of nitrogens with two attached hydrogens (primary N) is 1. The molecule has 0 fully saturated rings. The van der Waals surface area contributed by atoms with E-state index in [1.54, 1.807) is 0 Å². The second-order valence-corrected chi connectivity index (χ2v) is 6.46. The van der Waals surface area contributed by atoms with Gasteiger partial charge in [0.15, 0.2) is 0 Å². The van der Waals surface area contributed by atoms with Crippen LogP contribution in [0.5, 0.6) is 0 Å². The number of rotatable bonds is 3. The fraction of sp³-hybridized carbons (Fsp3) is 0.263. The molecule has 9 heteroatoms. The van der Waals surface area contributed by atoms with Gasteiger partial charge in [0, 0.05) is 23.5 Å². The summed E-state index contributed by atoms with van der Waals surface area (Å²) in [6.45, 7) is 1.26. The van der Waals surface area contributed by atoms with E-state index in [-0.39, 0.29) is 18.2 Å². The summed E-state index contributed by atoms with van der Waals surface area (Å²) >= 11 is 0. The van der Waals surface area contributed by atoms with Crippen molar-refractivity contribution in [3.05, 3.63) is 59.5 Å². The number of nitrogen functional groups attached to an aromatic ring is 1. The average molecular weight is 411 g/mol. The largest absolute Gasteiger partial charge is 0.416 e. The summed E-state index contributed by atoms with van der Waals surface area (Å²) < 4.78 is 43.3. The standard InChI is InChI=1S/C19H17F3N4O.ClH/c20-19(21,22)13-8-6-12(7-9-13)18-24-17(27-25-18)11-26-10-2-3-14-15(23)4-1-5-16(14)26;/h1,4-9H,2-3,10-11,23H2;1H. The molecule has 0 bridgehead atoms. The van der Waals surface area contributed by atoms with E-state index in [0.717, 1.165) is 48.5 Å². The molecule has 1 aromatic heterocycles. The van der Waals surface area contributed by atoms with Gasteiger partial charge in [0.05, 0.1) is 12.1 Å². The molecule has 1 aliphatic heterocycles. The Kier molecular flexibility index (Phi) is 5.51. The van der Waals surface area contributed by atoms with Gasteiger partial charge in [-0.2, -0.15) is 18.2 Å². The molecule has 0 amide bonds. The number of aromatic nitrogens is 2. The lowest BCUT2D eigenvalue weighted by Gasteiger charge is -2.30. The Bertz CT molecular complexity index is 957. The van der Waals surface area contributed by atoms with Gasteiger partial charge in [-0.25, -0.2) is 0 Å². The predicted molar refractivity (Wildman–Crippen MR) is 102 cm³/mol. The number of nitrogens with zero attached hydrogens (tertiary/aromatic N) is 3. The number of alkyl halides is 3. The van der Waals surface area contributed by atoms with Crippen LogP contribution in [0.25, 0.3) is 11.4 Å². The highest BCUT2D eigenvalue weighted by molar-refractivity contribution is 5.85. The number of fused-ring (bicyclic) bond motifs is 1. The highest BCUT2D eigenvalue weighted by Crippen LogP contribution is 2.33. The van der Waals surface area contributed by atoms with Crippen LogP contribution in [0.3, 0.4) is 0 Å². The summed E-state index contributed by atoms with van der Waals surface area (Å²) in [5.74, 6) is 0.670. The smallest absolute Gasteiger partial charge is 0.398 e. The lowest BCUT2D eigenvalue weighted by Crippen LogP contribution is -2.29. The van der Waals surface area contributed by atoms with E-state index in [9.17, 15) is 13.2 Å². The van der Waals surface area contributed by atoms with Crippen molar-refractivity contribution in [3.8, 4) is 11.4 Å². The summed E-state index contributed by atoms with van der Waals surface area (Å²) in [6, 6.07) is 10.5. The van der Waals surface area contributed by atoms with E-state index < -0.39 is 11.7 Å². The van der Waals surface area contributed by atoms with Crippen LogP contribution < -0.4 is 10.6 Å². The maximum absolute atomic E-state index is 12.7. The highest BCUT2D eigenvalue weighted by atomic mass is 35.5. The molecule has 28 heavy (non-hydrogen) atoms. The van der Waals surface area contributed by atoms with E-state index in [1.807, 2.05) is 18.2 Å². The minimum absolute atomic E-state index is 0. The molecule has 3 aromatic rings. The van der Waals surface area contributed by atoms with Crippen LogP contribution in [-0.2, 0) is 19.1 Å². The van der Waals surface area contributed by atoms with Crippen LogP contribution >= 0.6 is 12.4 Å². The molecule has 148 valence electrons. The molecule has 1 aliphatic rings. The summed E-state index contributed by atoms with van der Waals surface area (Å²) in [6.07, 6.45) is -2.47. The topological polar surface area (TPSA) is 68.2 Å². The Hall–Kier alpha value is -2.74. The predicted octanol–water partition coefficient (Wildman–Crippen LogP) is 4.71. The third kappa shape index (κ3) is 3.91. The molecule has 0 radical (unpaired) electrons. The number of hydrogen-bond acceptors (Lipinski definition) is 5. The monoisotopic (exact) mass is 410 g/mol. The van der Waals surface area contributed by atoms with E-state index >= 15 is 0 Å². The van der Waals surface area contributed by atoms with Gasteiger partial charge in [0.1, 0.15) is 0 Å². The average Bonchev–Trinajstić information content (AvgIpc) is 3.11. The minimum atomic E-state index is -4.37. The minimum Gasteiger partial charge on any atom is -0.398 e. The van der Waals surface area contributed by atoms with Crippen molar-refractivity contribution in [1.82, 2.24) is 10.1 Å². The molecule has 4 rings (SSSR count). The zero-order valence-electron chi connectivity index (χ0n) is 14.7. The second-order valence-electron chi connectivity index (χ2n) is 6.46. The Morgan fingerprint density at radius 3 is 2.57 bits per heavy atom. The maximum Gasteiger partial charge on any atom is 0.416 e. The van der Waals surface area contributed by atoms with Crippen molar-refractivity contribution < 1.29 is 17.7 Å². The molecule has 0 saturated carbocycles. The maximum atomic E-state index is 12.7. The normalized spacial score (nSPS) is 13.8. The van der Waals surface area contributed by atoms with Crippen molar-refractivity contribution in [3.63, 3.8) is 0 Å². The molecule has 5 nitrogen and oxygen atoms in total. The van der Waals surface area contributed by atoms with Crippen molar-refractivity contribution in [1.29, 1.82) is 0 Å². The lowest BCUT2D eigenvalue weighted by molar-refractivity contribution is -0.137. The first-order valence-electron chi connectivity index (χ1n) is 8.54. The Labute approximate surface area is 165 Å².